The van der Waals surface area contributed by atoms with E-state index < -0.39 is 21.6 Å². The van der Waals surface area contributed by atoms with E-state index in [1.165, 1.54) is 0 Å². The summed E-state index contributed by atoms with van der Waals surface area (Å²) in [7, 11) is 0. The highest BCUT2D eigenvalue weighted by Crippen LogP contribution is 2.45. The highest BCUT2D eigenvalue weighted by molar-refractivity contribution is 9.10. The van der Waals surface area contributed by atoms with Crippen LogP contribution in [0.4, 0.5) is 5.69 Å². The molecule has 2 aromatic rings. The van der Waals surface area contributed by atoms with Crippen molar-refractivity contribution in [1.29, 1.82) is 0 Å². The number of rotatable bonds is 7. The number of ether oxygens (including phenoxy) is 2. The second-order valence-corrected chi connectivity index (χ2v) is 12.4. The van der Waals surface area contributed by atoms with Crippen molar-refractivity contribution >= 4 is 38.9 Å². The fourth-order valence-electron chi connectivity index (χ4n) is 4.19. The van der Waals surface area contributed by atoms with Crippen LogP contribution in [0.3, 0.4) is 0 Å². The van der Waals surface area contributed by atoms with Gasteiger partial charge in [0.2, 0.25) is 0 Å². The first-order chi connectivity index (χ1) is 15.7. The van der Waals surface area contributed by atoms with Gasteiger partial charge < -0.3 is 18.9 Å². The van der Waals surface area contributed by atoms with E-state index in [2.05, 4.69) is 20.7 Å². The van der Waals surface area contributed by atoms with Crippen LogP contribution >= 0.6 is 15.9 Å². The number of carbonyl (C=O) groups is 1. The Labute approximate surface area is 207 Å². The summed E-state index contributed by atoms with van der Waals surface area (Å²) in [5, 5.41) is 0. The van der Waals surface area contributed by atoms with Crippen molar-refractivity contribution in [2.75, 3.05) is 18.1 Å². The number of amides is 1. The van der Waals surface area contributed by atoms with E-state index in [1.54, 1.807) is 4.90 Å². The van der Waals surface area contributed by atoms with E-state index in [4.69, 9.17) is 9.47 Å². The molecule has 1 fully saturated rings. The third kappa shape index (κ3) is 5.31. The molecule has 6 nitrogen and oxygen atoms in total. The zero-order chi connectivity index (χ0) is 23.6. The van der Waals surface area contributed by atoms with Crippen LogP contribution in [0.5, 0.6) is 0 Å². The van der Waals surface area contributed by atoms with Crippen molar-refractivity contribution in [3.05, 3.63) is 64.1 Å². The molecule has 2 atom stereocenters. The molecule has 2 unspecified atom stereocenters. The summed E-state index contributed by atoms with van der Waals surface area (Å²) in [6, 6.07) is 15.7. The predicted molar refractivity (Wildman–Crippen MR) is 134 cm³/mol. The number of nitrogens with one attached hydrogen (secondary N) is 1. The van der Waals surface area contributed by atoms with Gasteiger partial charge in [-0.3, -0.25) is 4.79 Å². The van der Waals surface area contributed by atoms with Crippen molar-refractivity contribution in [3.63, 3.8) is 0 Å². The molecule has 0 aromatic heterocycles. The molecule has 1 N–H and O–H groups in total. The van der Waals surface area contributed by atoms with E-state index in [-0.39, 0.29) is 12.2 Å². The average molecular weight is 536 g/mol. The maximum absolute atomic E-state index is 14.1. The minimum Gasteiger partial charge on any atom is -0.598 e. The summed E-state index contributed by atoms with van der Waals surface area (Å²) in [5.41, 5.74) is 1.59. The second-order valence-electron chi connectivity index (χ2n) is 9.49. The number of para-hydroxylation sites is 1. The molecular formula is C25H31BrN2O4S. The van der Waals surface area contributed by atoms with Crippen LogP contribution in [0.2, 0.25) is 0 Å². The minimum atomic E-state index is -1.45. The van der Waals surface area contributed by atoms with Gasteiger partial charge in [-0.25, -0.2) is 0 Å². The van der Waals surface area contributed by atoms with Crippen LogP contribution in [-0.4, -0.2) is 34.7 Å². The lowest BCUT2D eigenvalue weighted by molar-refractivity contribution is -0.183. The summed E-state index contributed by atoms with van der Waals surface area (Å²) in [6.07, 6.45) is 1.46. The van der Waals surface area contributed by atoms with E-state index >= 15 is 0 Å². The molecule has 0 aliphatic carbocycles. The molecule has 0 spiro atoms. The molecule has 0 radical (unpaired) electrons. The lowest BCUT2D eigenvalue weighted by Gasteiger charge is -2.35. The molecule has 2 aliphatic heterocycles. The number of anilines is 1. The van der Waals surface area contributed by atoms with Gasteiger partial charge in [0, 0.05) is 33.5 Å². The molecule has 1 saturated heterocycles. The molecule has 0 bridgehead atoms. The van der Waals surface area contributed by atoms with Crippen molar-refractivity contribution < 1.29 is 18.8 Å². The number of fused-ring (bicyclic) bond motifs is 1. The smallest absolute Gasteiger partial charge is 0.256 e. The molecule has 33 heavy (non-hydrogen) atoms. The number of halogens is 1. The quantitative estimate of drug-likeness (QED) is 0.517. The highest BCUT2D eigenvalue weighted by Gasteiger charge is 2.54. The molecule has 2 aliphatic rings. The first-order valence-corrected chi connectivity index (χ1v) is 13.2. The largest absolute Gasteiger partial charge is 0.598 e. The second kappa shape index (κ2) is 10.1. The number of nitrogens with zero attached hydrogens (tertiary/aromatic N) is 1. The third-order valence-corrected chi connectivity index (χ3v) is 8.17. The van der Waals surface area contributed by atoms with E-state index in [1.807, 2.05) is 69.3 Å². The Hall–Kier alpha value is -1.42. The van der Waals surface area contributed by atoms with Crippen LogP contribution in [-0.2, 0) is 37.7 Å². The predicted octanol–water partition coefficient (Wildman–Crippen LogP) is 4.79. The van der Waals surface area contributed by atoms with E-state index in [9.17, 15) is 9.35 Å². The van der Waals surface area contributed by atoms with Crippen LogP contribution in [0.1, 0.15) is 51.2 Å². The monoisotopic (exact) mass is 534 g/mol. The van der Waals surface area contributed by atoms with Gasteiger partial charge in [0.1, 0.15) is 4.75 Å². The van der Waals surface area contributed by atoms with E-state index in [0.717, 1.165) is 27.7 Å². The molecule has 1 amide bonds. The lowest BCUT2D eigenvalue weighted by Crippen LogP contribution is -2.56. The summed E-state index contributed by atoms with van der Waals surface area (Å²) < 4.78 is 28.5. The van der Waals surface area contributed by atoms with Gasteiger partial charge in [0.05, 0.1) is 19.8 Å². The van der Waals surface area contributed by atoms with Crippen molar-refractivity contribution in [2.45, 2.75) is 63.2 Å². The van der Waals surface area contributed by atoms with Gasteiger partial charge in [-0.2, -0.15) is 0 Å². The topological polar surface area (TPSA) is 73.9 Å². The van der Waals surface area contributed by atoms with Crippen LogP contribution in [0.15, 0.2) is 53.0 Å². The van der Waals surface area contributed by atoms with Crippen LogP contribution in [0, 0.1) is 0 Å². The number of hydrogen-bond donors (Lipinski definition) is 1. The Bertz CT molecular complexity index is 975. The lowest BCUT2D eigenvalue weighted by atomic mass is 9.87. The normalized spacial score (nSPS) is 22.5. The maximum atomic E-state index is 14.1. The van der Waals surface area contributed by atoms with Crippen LogP contribution in [0.25, 0.3) is 0 Å². The van der Waals surface area contributed by atoms with Crippen molar-refractivity contribution in [3.8, 4) is 0 Å². The first kappa shape index (κ1) is 24.7. The van der Waals surface area contributed by atoms with Crippen molar-refractivity contribution in [1.82, 2.24) is 4.72 Å². The van der Waals surface area contributed by atoms with Crippen molar-refractivity contribution in [2.24, 2.45) is 0 Å². The van der Waals surface area contributed by atoms with Gasteiger partial charge in [-0.1, -0.05) is 46.3 Å². The number of benzene rings is 2. The maximum Gasteiger partial charge on any atom is 0.256 e. The summed E-state index contributed by atoms with van der Waals surface area (Å²) in [5.74, 6) is -0.0972. The number of carbonyl (C=O) groups excluding carboxylic acids is 1. The van der Waals surface area contributed by atoms with Gasteiger partial charge in [0.25, 0.3) is 5.91 Å². The zero-order valence-electron chi connectivity index (χ0n) is 19.3. The first-order valence-electron chi connectivity index (χ1n) is 11.3. The summed E-state index contributed by atoms with van der Waals surface area (Å²) in [4.78, 5) is 15.9. The fourth-order valence-corrected chi connectivity index (χ4v) is 5.38. The fraction of sp³-hybridized carbons (Fsp3) is 0.480. The standard InChI is InChI=1S/C25H31BrN2O4S/c1-24(2,3)33(30)27-25(14-13-22-31-15-6-16-32-22)20-7-4-5-8-21(20)28(23(25)29)17-18-9-11-19(26)12-10-18/h4-5,7-12,22,27H,6,13-17H2,1-3H3. The zero-order valence-corrected chi connectivity index (χ0v) is 21.7. The Morgan fingerprint density at radius 3 is 2.48 bits per heavy atom. The van der Waals surface area contributed by atoms with Gasteiger partial charge in [-0.05, 0) is 57.4 Å². The average Bonchev–Trinajstić information content (AvgIpc) is 3.02. The third-order valence-electron chi connectivity index (χ3n) is 5.99. The Balaban J connectivity index is 1.70. The molecule has 2 heterocycles. The van der Waals surface area contributed by atoms with Gasteiger partial charge in [0.15, 0.2) is 11.8 Å². The highest BCUT2D eigenvalue weighted by atomic mass is 79.9. The molecule has 8 heteroatoms. The summed E-state index contributed by atoms with van der Waals surface area (Å²) in [6.45, 7) is 7.45. The Morgan fingerprint density at radius 2 is 1.82 bits per heavy atom. The van der Waals surface area contributed by atoms with Gasteiger partial charge in [-0.15, -0.1) is 4.72 Å². The molecular weight excluding hydrogens is 504 g/mol. The van der Waals surface area contributed by atoms with Crippen LogP contribution < -0.4 is 9.62 Å². The summed E-state index contributed by atoms with van der Waals surface area (Å²) >= 11 is 2.02. The Kier molecular flexibility index (Phi) is 7.53. The SMILES string of the molecule is CC(C)(C)[S+]([O-])NC1(CCC2OCCCO2)C(=O)N(Cc2ccc(Br)cc2)c2ccccc21. The minimum absolute atomic E-state index is 0.0972. The number of hydrogen-bond acceptors (Lipinski definition) is 5. The Morgan fingerprint density at radius 1 is 1.15 bits per heavy atom. The molecule has 2 aromatic carbocycles. The molecule has 4 rings (SSSR count). The van der Waals surface area contributed by atoms with E-state index in [0.29, 0.717) is 32.6 Å². The van der Waals surface area contributed by atoms with Gasteiger partial charge >= 0.3 is 0 Å². The molecule has 0 saturated carbocycles. The molecule has 178 valence electrons.